The van der Waals surface area contributed by atoms with E-state index in [-0.39, 0.29) is 17.5 Å². The van der Waals surface area contributed by atoms with Gasteiger partial charge < -0.3 is 20.4 Å². The second kappa shape index (κ2) is 9.50. The van der Waals surface area contributed by atoms with Crippen LogP contribution in [0.3, 0.4) is 0 Å². The lowest BCUT2D eigenvalue weighted by Crippen LogP contribution is -2.67. The number of rotatable bonds is 6. The highest BCUT2D eigenvalue weighted by atomic mass is 16.2. The van der Waals surface area contributed by atoms with Crippen LogP contribution >= 0.6 is 0 Å². The lowest BCUT2D eigenvalue weighted by molar-refractivity contribution is -0.124. The van der Waals surface area contributed by atoms with Crippen LogP contribution in [0.15, 0.2) is 24.5 Å². The molecular weight excluding hydrogens is 452 g/mol. The van der Waals surface area contributed by atoms with Crippen molar-refractivity contribution in [1.29, 1.82) is 0 Å². The minimum atomic E-state index is -0.172. The fraction of sp³-hybridized carbons (Fsp3) is 0.630. The van der Waals surface area contributed by atoms with E-state index in [1.165, 1.54) is 25.7 Å². The molecule has 2 atom stereocenters. The number of likely N-dealkylation sites (N-methyl/N-ethyl adjacent to an activating group) is 1. The Kier molecular flexibility index (Phi) is 6.19. The maximum atomic E-state index is 12.7. The molecule has 1 saturated carbocycles. The molecule has 0 aromatic carbocycles. The maximum Gasteiger partial charge on any atom is 0.243 e. The summed E-state index contributed by atoms with van der Waals surface area (Å²) in [6, 6.07) is 4.59. The maximum absolute atomic E-state index is 12.7. The summed E-state index contributed by atoms with van der Waals surface area (Å²) in [5.74, 6) is 2.30. The van der Waals surface area contributed by atoms with Gasteiger partial charge in [-0.05, 0) is 44.5 Å². The minimum Gasteiger partial charge on any atom is -0.369 e. The van der Waals surface area contributed by atoms with Crippen LogP contribution in [0.25, 0.3) is 0 Å². The normalized spacial score (nSPS) is 24.7. The predicted octanol–water partition coefficient (Wildman–Crippen LogP) is 3.10. The molecule has 36 heavy (non-hydrogen) atoms. The van der Waals surface area contributed by atoms with Crippen LogP contribution in [0.2, 0.25) is 0 Å². The van der Waals surface area contributed by atoms with Gasteiger partial charge in [0.1, 0.15) is 17.7 Å². The van der Waals surface area contributed by atoms with Gasteiger partial charge in [0.15, 0.2) is 0 Å². The summed E-state index contributed by atoms with van der Waals surface area (Å²) in [6.45, 7) is 9.51. The highest BCUT2D eigenvalue weighted by Gasteiger charge is 2.51. The number of pyridine rings is 1. The molecule has 9 heteroatoms. The van der Waals surface area contributed by atoms with E-state index in [1.54, 1.807) is 0 Å². The summed E-state index contributed by atoms with van der Waals surface area (Å²) in [4.78, 5) is 34.2. The molecule has 1 spiro atoms. The van der Waals surface area contributed by atoms with Crippen molar-refractivity contribution >= 4 is 29.2 Å². The molecule has 4 aliphatic rings. The molecule has 2 N–H and O–H groups in total. The van der Waals surface area contributed by atoms with Crippen molar-refractivity contribution < 1.29 is 4.79 Å². The lowest BCUT2D eigenvalue weighted by Gasteiger charge is -2.51. The first-order chi connectivity index (χ1) is 17.6. The van der Waals surface area contributed by atoms with Crippen LogP contribution in [-0.4, -0.2) is 76.1 Å². The average molecular weight is 491 g/mol. The second-order valence-corrected chi connectivity index (χ2v) is 10.8. The van der Waals surface area contributed by atoms with Crippen LogP contribution in [0.5, 0.6) is 0 Å². The smallest absolute Gasteiger partial charge is 0.243 e. The van der Waals surface area contributed by atoms with Crippen molar-refractivity contribution in [3.63, 3.8) is 0 Å². The average Bonchev–Trinajstić information content (AvgIpc) is 3.55. The van der Waals surface area contributed by atoms with Gasteiger partial charge in [0.2, 0.25) is 11.9 Å². The Morgan fingerprint density at radius 2 is 1.97 bits per heavy atom. The van der Waals surface area contributed by atoms with Gasteiger partial charge in [0.05, 0.1) is 17.4 Å². The number of nitrogens with zero attached hydrogens (tertiary/aromatic N) is 6. The van der Waals surface area contributed by atoms with Crippen LogP contribution < -0.4 is 20.4 Å². The molecular formula is C27H38N8O. The Balaban J connectivity index is 1.18. The summed E-state index contributed by atoms with van der Waals surface area (Å²) in [6.07, 6.45) is 11.6. The number of carbonyl (C=O) groups excluding carboxylic acids is 1. The Bertz CT molecular complexity index is 1100. The fourth-order valence-corrected chi connectivity index (χ4v) is 6.88. The number of hydrogen-bond acceptors (Lipinski definition) is 8. The number of hydrogen-bond donors (Lipinski definition) is 2. The van der Waals surface area contributed by atoms with Crippen molar-refractivity contribution in [3.05, 3.63) is 30.1 Å². The number of amides is 1. The van der Waals surface area contributed by atoms with Crippen LogP contribution in [0, 0.1) is 0 Å². The summed E-state index contributed by atoms with van der Waals surface area (Å²) in [7, 11) is 0. The van der Waals surface area contributed by atoms with E-state index in [9.17, 15) is 4.79 Å². The Morgan fingerprint density at radius 1 is 1.14 bits per heavy atom. The van der Waals surface area contributed by atoms with E-state index >= 15 is 0 Å². The highest BCUT2D eigenvalue weighted by Crippen LogP contribution is 2.44. The fourth-order valence-electron chi connectivity index (χ4n) is 6.88. The zero-order valence-electron chi connectivity index (χ0n) is 21.5. The molecule has 3 fully saturated rings. The van der Waals surface area contributed by atoms with Crippen molar-refractivity contribution in [2.45, 2.75) is 76.4 Å². The van der Waals surface area contributed by atoms with Gasteiger partial charge in [-0.2, -0.15) is 4.98 Å². The molecule has 2 unspecified atom stereocenters. The van der Waals surface area contributed by atoms with Crippen LogP contribution in [-0.2, 0) is 11.2 Å². The molecule has 2 saturated heterocycles. The van der Waals surface area contributed by atoms with Crippen molar-refractivity contribution in [3.8, 4) is 0 Å². The summed E-state index contributed by atoms with van der Waals surface area (Å²) in [5.41, 5.74) is 2.20. The second-order valence-electron chi connectivity index (χ2n) is 10.8. The molecule has 0 radical (unpaired) electrons. The summed E-state index contributed by atoms with van der Waals surface area (Å²) >= 11 is 0. The largest absolute Gasteiger partial charge is 0.369 e. The SMILES string of the molecule is CCN(CC)C1CCN(c2ccc(Nc3ncc4c(n3)N3C(C4)C(=O)NCC34CCCCC4)nc2)C1. The Morgan fingerprint density at radius 3 is 2.72 bits per heavy atom. The van der Waals surface area contributed by atoms with E-state index in [0.717, 1.165) is 61.9 Å². The Labute approximate surface area is 213 Å². The first-order valence-electron chi connectivity index (χ1n) is 13.8. The number of nitrogens with one attached hydrogen (secondary N) is 2. The summed E-state index contributed by atoms with van der Waals surface area (Å²) in [5, 5.41) is 6.49. The molecule has 1 amide bonds. The van der Waals surface area contributed by atoms with Crippen molar-refractivity contribution in [1.82, 2.24) is 25.2 Å². The summed E-state index contributed by atoms with van der Waals surface area (Å²) < 4.78 is 0. The molecule has 192 valence electrons. The standard InChI is InChI=1S/C27H38N8O/c1-3-33(4-2)21-10-13-34(17-21)20-8-9-23(28-16-20)31-26-29-15-19-14-22-25(36)30-18-27(11-6-5-7-12-27)35(22)24(19)32-26/h8-9,15-16,21-22H,3-7,10-14,17-18H2,1-2H3,(H,30,36)(H,28,29,31,32). The Hall–Kier alpha value is -2.94. The highest BCUT2D eigenvalue weighted by molar-refractivity contribution is 5.90. The quantitative estimate of drug-likeness (QED) is 0.639. The number of anilines is 4. The third-order valence-corrected chi connectivity index (χ3v) is 8.83. The van der Waals surface area contributed by atoms with Gasteiger partial charge in [-0.25, -0.2) is 9.97 Å². The van der Waals surface area contributed by atoms with Crippen molar-refractivity contribution in [2.24, 2.45) is 0 Å². The first-order valence-corrected chi connectivity index (χ1v) is 13.8. The van der Waals surface area contributed by atoms with Crippen molar-refractivity contribution in [2.75, 3.05) is 47.8 Å². The van der Waals surface area contributed by atoms with E-state index in [2.05, 4.69) is 55.2 Å². The molecule has 9 nitrogen and oxygen atoms in total. The molecule has 0 bridgehead atoms. The number of fused-ring (bicyclic) bond motifs is 4. The first kappa shape index (κ1) is 23.5. The zero-order valence-corrected chi connectivity index (χ0v) is 21.5. The van der Waals surface area contributed by atoms with Gasteiger partial charge in [-0.15, -0.1) is 0 Å². The van der Waals surface area contributed by atoms with Crippen LogP contribution in [0.4, 0.5) is 23.3 Å². The lowest BCUT2D eigenvalue weighted by atomic mass is 9.78. The van der Waals surface area contributed by atoms with Gasteiger partial charge in [0, 0.05) is 43.9 Å². The van der Waals surface area contributed by atoms with Gasteiger partial charge in [-0.3, -0.25) is 9.69 Å². The van der Waals surface area contributed by atoms with E-state index in [1.807, 2.05) is 18.5 Å². The van der Waals surface area contributed by atoms with E-state index in [4.69, 9.17) is 4.98 Å². The molecule has 3 aliphatic heterocycles. The monoisotopic (exact) mass is 490 g/mol. The molecule has 5 heterocycles. The molecule has 2 aromatic heterocycles. The molecule has 1 aliphatic carbocycles. The third-order valence-electron chi connectivity index (χ3n) is 8.83. The van der Waals surface area contributed by atoms with Crippen LogP contribution in [0.1, 0.15) is 57.9 Å². The van der Waals surface area contributed by atoms with E-state index < -0.39 is 0 Å². The number of piperazine rings is 1. The number of aromatic nitrogens is 3. The molecule has 2 aromatic rings. The van der Waals surface area contributed by atoms with E-state index in [0.29, 0.717) is 25.0 Å². The van der Waals surface area contributed by atoms with Gasteiger partial charge >= 0.3 is 0 Å². The topological polar surface area (TPSA) is 89.5 Å². The van der Waals surface area contributed by atoms with Gasteiger partial charge in [0.25, 0.3) is 0 Å². The number of carbonyl (C=O) groups is 1. The third kappa shape index (κ3) is 4.07. The predicted molar refractivity (Wildman–Crippen MR) is 142 cm³/mol. The van der Waals surface area contributed by atoms with Gasteiger partial charge in [-0.1, -0.05) is 33.1 Å². The zero-order chi connectivity index (χ0) is 24.7. The minimum absolute atomic E-state index is 0.0215. The molecule has 6 rings (SSSR count).